The third kappa shape index (κ3) is 8.67. The van der Waals surface area contributed by atoms with Crippen LogP contribution in [0.4, 0.5) is 0 Å². The second kappa shape index (κ2) is 10.7. The first-order valence-corrected chi connectivity index (χ1v) is 8.31. The largest absolute Gasteiger partial charge is 0.493 e. The molecule has 0 bridgehead atoms. The number of thiol groups is 1. The Balaban J connectivity index is 2.01. The summed E-state index contributed by atoms with van der Waals surface area (Å²) in [5.74, 6) is 1.77. The SMILES string of the molecule is SCCCCCCCCCOc1cc(Cl)cc(Cl)c1. The molecule has 19 heavy (non-hydrogen) atoms. The van der Waals surface area contributed by atoms with E-state index in [1.807, 2.05) is 0 Å². The topological polar surface area (TPSA) is 9.23 Å². The predicted molar refractivity (Wildman–Crippen MR) is 88.1 cm³/mol. The van der Waals surface area contributed by atoms with Gasteiger partial charge in [-0.15, -0.1) is 0 Å². The molecule has 0 amide bonds. The molecule has 0 fully saturated rings. The Morgan fingerprint density at radius 2 is 1.32 bits per heavy atom. The van der Waals surface area contributed by atoms with Crippen LogP contribution < -0.4 is 4.74 Å². The summed E-state index contributed by atoms with van der Waals surface area (Å²) < 4.78 is 5.63. The van der Waals surface area contributed by atoms with Gasteiger partial charge in [-0.25, -0.2) is 0 Å². The lowest BCUT2D eigenvalue weighted by molar-refractivity contribution is 0.304. The van der Waals surface area contributed by atoms with Crippen LogP contribution in [0.15, 0.2) is 18.2 Å². The minimum Gasteiger partial charge on any atom is -0.493 e. The van der Waals surface area contributed by atoms with Gasteiger partial charge in [0.25, 0.3) is 0 Å². The van der Waals surface area contributed by atoms with Gasteiger partial charge in [0.1, 0.15) is 5.75 Å². The first kappa shape index (κ1) is 17.0. The number of hydrogen-bond acceptors (Lipinski definition) is 2. The van der Waals surface area contributed by atoms with Crippen LogP contribution in [0, 0.1) is 0 Å². The average molecular weight is 321 g/mol. The molecule has 1 rings (SSSR count). The monoisotopic (exact) mass is 320 g/mol. The van der Waals surface area contributed by atoms with Crippen molar-refractivity contribution in [2.24, 2.45) is 0 Å². The van der Waals surface area contributed by atoms with E-state index in [9.17, 15) is 0 Å². The van der Waals surface area contributed by atoms with E-state index in [1.54, 1.807) is 18.2 Å². The van der Waals surface area contributed by atoms with Crippen molar-refractivity contribution in [3.63, 3.8) is 0 Å². The molecule has 1 aromatic rings. The van der Waals surface area contributed by atoms with E-state index >= 15 is 0 Å². The zero-order chi connectivity index (χ0) is 13.9. The van der Waals surface area contributed by atoms with Crippen LogP contribution in [0.3, 0.4) is 0 Å². The Morgan fingerprint density at radius 3 is 1.89 bits per heavy atom. The van der Waals surface area contributed by atoms with Crippen molar-refractivity contribution in [2.45, 2.75) is 44.9 Å². The molecule has 1 aromatic carbocycles. The number of rotatable bonds is 10. The number of halogens is 2. The minimum atomic E-state index is 0.617. The van der Waals surface area contributed by atoms with E-state index in [0.717, 1.165) is 24.5 Å². The molecule has 0 aliphatic heterocycles. The van der Waals surface area contributed by atoms with Crippen molar-refractivity contribution in [3.8, 4) is 5.75 Å². The molecule has 0 atom stereocenters. The van der Waals surface area contributed by atoms with Gasteiger partial charge in [-0.2, -0.15) is 12.6 Å². The molecule has 0 saturated heterocycles. The highest BCUT2D eigenvalue weighted by Gasteiger charge is 1.99. The minimum absolute atomic E-state index is 0.617. The molecule has 108 valence electrons. The fourth-order valence-corrected chi connectivity index (χ4v) is 2.63. The summed E-state index contributed by atoms with van der Waals surface area (Å²) in [4.78, 5) is 0. The standard InChI is InChI=1S/C15H22Cl2OS/c16-13-10-14(17)12-15(11-13)18-8-6-4-2-1-3-5-7-9-19/h10-12,19H,1-9H2. The van der Waals surface area contributed by atoms with Crippen LogP contribution in [0.5, 0.6) is 5.75 Å². The molecule has 0 aliphatic rings. The number of benzene rings is 1. The molecule has 0 heterocycles. The normalized spacial score (nSPS) is 10.7. The summed E-state index contributed by atoms with van der Waals surface area (Å²) in [5, 5.41) is 1.23. The number of unbranched alkanes of at least 4 members (excludes halogenated alkanes) is 6. The zero-order valence-corrected chi connectivity index (χ0v) is 13.6. The highest BCUT2D eigenvalue weighted by atomic mass is 35.5. The maximum atomic E-state index is 5.90. The van der Waals surface area contributed by atoms with Crippen LogP contribution in [0.2, 0.25) is 10.0 Å². The fourth-order valence-electron chi connectivity index (χ4n) is 1.90. The fraction of sp³-hybridized carbons (Fsp3) is 0.600. The second-order valence-electron chi connectivity index (χ2n) is 4.65. The van der Waals surface area contributed by atoms with Gasteiger partial charge >= 0.3 is 0 Å². The van der Waals surface area contributed by atoms with Crippen molar-refractivity contribution in [2.75, 3.05) is 12.4 Å². The molecule has 0 N–H and O–H groups in total. The van der Waals surface area contributed by atoms with Crippen molar-refractivity contribution >= 4 is 35.8 Å². The lowest BCUT2D eigenvalue weighted by Crippen LogP contribution is -1.97. The van der Waals surface area contributed by atoms with Gasteiger partial charge in [-0.05, 0) is 36.8 Å². The van der Waals surface area contributed by atoms with Crippen molar-refractivity contribution in [1.82, 2.24) is 0 Å². The first-order chi connectivity index (χ1) is 9.22. The molecule has 4 heteroatoms. The van der Waals surface area contributed by atoms with Gasteiger partial charge < -0.3 is 4.74 Å². The maximum Gasteiger partial charge on any atom is 0.122 e. The lowest BCUT2D eigenvalue weighted by atomic mass is 10.1. The summed E-state index contributed by atoms with van der Waals surface area (Å²) in [6.07, 6.45) is 8.77. The van der Waals surface area contributed by atoms with Crippen molar-refractivity contribution in [1.29, 1.82) is 0 Å². The summed E-state index contributed by atoms with van der Waals surface area (Å²) in [6.45, 7) is 0.729. The molecular formula is C15H22Cl2OS. The van der Waals surface area contributed by atoms with Crippen molar-refractivity contribution < 1.29 is 4.74 Å². The maximum absolute atomic E-state index is 5.90. The van der Waals surface area contributed by atoms with E-state index in [4.69, 9.17) is 27.9 Å². The highest BCUT2D eigenvalue weighted by molar-refractivity contribution is 7.80. The Kier molecular flexibility index (Phi) is 9.58. The Morgan fingerprint density at radius 1 is 0.789 bits per heavy atom. The zero-order valence-electron chi connectivity index (χ0n) is 11.2. The predicted octanol–water partition coefficient (Wildman–Crippen LogP) is 6.03. The molecule has 0 unspecified atom stereocenters. The molecule has 0 aliphatic carbocycles. The average Bonchev–Trinajstić information content (AvgIpc) is 2.36. The first-order valence-electron chi connectivity index (χ1n) is 6.92. The van der Waals surface area contributed by atoms with Gasteiger partial charge in [0.15, 0.2) is 0 Å². The number of hydrogen-bond donors (Lipinski definition) is 1. The third-order valence-electron chi connectivity index (χ3n) is 2.91. The van der Waals surface area contributed by atoms with E-state index in [2.05, 4.69) is 12.6 Å². The van der Waals surface area contributed by atoms with Crippen LogP contribution in [-0.4, -0.2) is 12.4 Å². The van der Waals surface area contributed by atoms with Gasteiger partial charge in [0.2, 0.25) is 0 Å². The van der Waals surface area contributed by atoms with Crippen LogP contribution in [0.1, 0.15) is 44.9 Å². The molecule has 1 nitrogen and oxygen atoms in total. The van der Waals surface area contributed by atoms with E-state index < -0.39 is 0 Å². The molecular weight excluding hydrogens is 299 g/mol. The summed E-state index contributed by atoms with van der Waals surface area (Å²) in [5.41, 5.74) is 0. The van der Waals surface area contributed by atoms with E-state index in [1.165, 1.54) is 38.5 Å². The van der Waals surface area contributed by atoms with Crippen LogP contribution in [0.25, 0.3) is 0 Å². The smallest absolute Gasteiger partial charge is 0.122 e. The molecule has 0 saturated carbocycles. The van der Waals surface area contributed by atoms with Crippen molar-refractivity contribution in [3.05, 3.63) is 28.2 Å². The van der Waals surface area contributed by atoms with Gasteiger partial charge in [-0.1, -0.05) is 55.3 Å². The Hall–Kier alpha value is -0.0500. The summed E-state index contributed by atoms with van der Waals surface area (Å²) >= 11 is 16.0. The lowest BCUT2D eigenvalue weighted by Gasteiger charge is -2.07. The Bertz CT molecular complexity index is 338. The third-order valence-corrected chi connectivity index (χ3v) is 3.66. The van der Waals surface area contributed by atoms with E-state index in [-0.39, 0.29) is 0 Å². The second-order valence-corrected chi connectivity index (χ2v) is 5.97. The Labute approximate surface area is 132 Å². The quantitative estimate of drug-likeness (QED) is 0.409. The molecule has 0 radical (unpaired) electrons. The van der Waals surface area contributed by atoms with Gasteiger partial charge in [0.05, 0.1) is 6.61 Å². The van der Waals surface area contributed by atoms with Crippen LogP contribution in [-0.2, 0) is 0 Å². The molecule has 0 spiro atoms. The van der Waals surface area contributed by atoms with Gasteiger partial charge in [-0.3, -0.25) is 0 Å². The summed E-state index contributed by atoms with van der Waals surface area (Å²) in [7, 11) is 0. The highest BCUT2D eigenvalue weighted by Crippen LogP contribution is 2.24. The van der Waals surface area contributed by atoms with E-state index in [0.29, 0.717) is 10.0 Å². The van der Waals surface area contributed by atoms with Gasteiger partial charge in [0, 0.05) is 10.0 Å². The number of ether oxygens (including phenoxy) is 1. The summed E-state index contributed by atoms with van der Waals surface area (Å²) in [6, 6.07) is 5.30. The van der Waals surface area contributed by atoms with Crippen LogP contribution >= 0.6 is 35.8 Å². The molecule has 0 aromatic heterocycles.